The van der Waals surface area contributed by atoms with Gasteiger partial charge < -0.3 is 10.1 Å². The highest BCUT2D eigenvalue weighted by atomic mass is 32.1. The molecule has 0 saturated heterocycles. The molecule has 0 atom stereocenters. The topological polar surface area (TPSA) is 62.4 Å². The molecule has 0 saturated carbocycles. The standard InChI is InChI=1S/C20H25N3O2S/c1-2-3-4-8-15-25-18-13-11-16(12-14-18)19(24)22-23-20(26)21-17-9-6-5-7-10-17/h5-7,9-14H,2-4,8,15H2,1H3,(H,22,24)(H2,21,23,26). The van der Waals surface area contributed by atoms with Crippen LogP contribution in [0.25, 0.3) is 0 Å². The van der Waals surface area contributed by atoms with E-state index < -0.39 is 0 Å². The normalized spacial score (nSPS) is 10.0. The van der Waals surface area contributed by atoms with Crippen molar-refractivity contribution in [3.05, 3.63) is 60.2 Å². The third kappa shape index (κ3) is 7.11. The molecule has 0 aliphatic rings. The van der Waals surface area contributed by atoms with E-state index in [1.54, 1.807) is 24.3 Å². The molecule has 0 unspecified atom stereocenters. The average molecular weight is 372 g/mol. The van der Waals surface area contributed by atoms with E-state index in [0.717, 1.165) is 17.9 Å². The molecule has 2 rings (SSSR count). The number of nitrogens with one attached hydrogen (secondary N) is 3. The molecule has 0 aromatic heterocycles. The Bertz CT molecular complexity index is 690. The maximum atomic E-state index is 12.1. The van der Waals surface area contributed by atoms with Crippen molar-refractivity contribution < 1.29 is 9.53 Å². The van der Waals surface area contributed by atoms with E-state index in [2.05, 4.69) is 23.1 Å². The molecule has 0 fully saturated rings. The number of para-hydroxylation sites is 1. The quantitative estimate of drug-likeness (QED) is 0.367. The summed E-state index contributed by atoms with van der Waals surface area (Å²) in [6.45, 7) is 2.89. The van der Waals surface area contributed by atoms with Gasteiger partial charge in [-0.25, -0.2) is 0 Å². The van der Waals surface area contributed by atoms with Gasteiger partial charge in [0.15, 0.2) is 5.11 Å². The van der Waals surface area contributed by atoms with Gasteiger partial charge in [0.2, 0.25) is 0 Å². The van der Waals surface area contributed by atoms with Crippen molar-refractivity contribution in [2.24, 2.45) is 0 Å². The van der Waals surface area contributed by atoms with Crippen LogP contribution in [0.3, 0.4) is 0 Å². The van der Waals surface area contributed by atoms with Gasteiger partial charge in [-0.05, 0) is 55.0 Å². The number of hydrogen-bond donors (Lipinski definition) is 3. The SMILES string of the molecule is CCCCCCOc1ccc(C(=O)NNC(=S)Nc2ccccc2)cc1. The number of carbonyl (C=O) groups is 1. The van der Waals surface area contributed by atoms with Crippen molar-refractivity contribution >= 4 is 28.9 Å². The van der Waals surface area contributed by atoms with Gasteiger partial charge in [-0.3, -0.25) is 15.6 Å². The Labute approximate surface area is 160 Å². The Morgan fingerprint density at radius 1 is 0.962 bits per heavy atom. The third-order valence-electron chi connectivity index (χ3n) is 3.70. The van der Waals surface area contributed by atoms with Crippen LogP contribution >= 0.6 is 12.2 Å². The summed E-state index contributed by atoms with van der Waals surface area (Å²) in [5, 5.41) is 3.30. The number of benzene rings is 2. The molecule has 0 spiro atoms. The minimum absolute atomic E-state index is 0.267. The largest absolute Gasteiger partial charge is 0.494 e. The first-order valence-corrected chi connectivity index (χ1v) is 9.25. The number of thiocarbonyl (C=S) groups is 1. The monoisotopic (exact) mass is 371 g/mol. The lowest BCUT2D eigenvalue weighted by molar-refractivity contribution is 0.0944. The van der Waals surface area contributed by atoms with Crippen molar-refractivity contribution in [1.29, 1.82) is 0 Å². The maximum Gasteiger partial charge on any atom is 0.269 e. The van der Waals surface area contributed by atoms with Crippen molar-refractivity contribution in [2.45, 2.75) is 32.6 Å². The van der Waals surface area contributed by atoms with E-state index >= 15 is 0 Å². The fraction of sp³-hybridized carbons (Fsp3) is 0.300. The van der Waals surface area contributed by atoms with Crippen molar-refractivity contribution in [3.8, 4) is 5.75 Å². The molecule has 6 heteroatoms. The zero-order valence-electron chi connectivity index (χ0n) is 15.0. The number of ether oxygens (including phenoxy) is 1. The summed E-state index contributed by atoms with van der Waals surface area (Å²) in [6, 6.07) is 16.5. The lowest BCUT2D eigenvalue weighted by Gasteiger charge is -2.12. The third-order valence-corrected chi connectivity index (χ3v) is 3.91. The van der Waals surface area contributed by atoms with Crippen LogP contribution in [0.5, 0.6) is 5.75 Å². The van der Waals surface area contributed by atoms with Crippen LogP contribution in [0, 0.1) is 0 Å². The van der Waals surface area contributed by atoms with Crippen LogP contribution in [0.15, 0.2) is 54.6 Å². The molecule has 5 nitrogen and oxygen atoms in total. The highest BCUT2D eigenvalue weighted by Crippen LogP contribution is 2.13. The molecule has 26 heavy (non-hydrogen) atoms. The number of hydrazine groups is 1. The first-order valence-electron chi connectivity index (χ1n) is 8.84. The second kappa shape index (κ2) is 11.1. The predicted molar refractivity (Wildman–Crippen MR) is 109 cm³/mol. The van der Waals surface area contributed by atoms with Gasteiger partial charge in [-0.2, -0.15) is 0 Å². The number of unbranched alkanes of at least 4 members (excludes halogenated alkanes) is 3. The minimum Gasteiger partial charge on any atom is -0.494 e. The molecule has 0 aliphatic heterocycles. The molecule has 138 valence electrons. The number of anilines is 1. The Hall–Kier alpha value is -2.60. The van der Waals surface area contributed by atoms with Crippen LogP contribution in [0.2, 0.25) is 0 Å². The molecule has 2 aromatic rings. The highest BCUT2D eigenvalue weighted by Gasteiger charge is 2.06. The molecule has 3 N–H and O–H groups in total. The molecule has 0 radical (unpaired) electrons. The smallest absolute Gasteiger partial charge is 0.269 e. The molecule has 0 bridgehead atoms. The van der Waals surface area contributed by atoms with E-state index in [1.807, 2.05) is 30.3 Å². The van der Waals surface area contributed by atoms with Crippen molar-refractivity contribution in [2.75, 3.05) is 11.9 Å². The van der Waals surface area contributed by atoms with E-state index in [9.17, 15) is 4.79 Å². The minimum atomic E-state index is -0.267. The predicted octanol–water partition coefficient (Wildman–Crippen LogP) is 4.28. The first-order chi connectivity index (χ1) is 12.7. The lowest BCUT2D eigenvalue weighted by atomic mass is 10.2. The van der Waals surface area contributed by atoms with Crippen LogP contribution < -0.4 is 20.9 Å². The fourth-order valence-electron chi connectivity index (χ4n) is 2.29. The molecule has 2 aromatic carbocycles. The summed E-state index contributed by atoms with van der Waals surface area (Å²) >= 11 is 5.15. The summed E-state index contributed by atoms with van der Waals surface area (Å²) < 4.78 is 5.67. The van der Waals surface area contributed by atoms with Crippen molar-refractivity contribution in [3.63, 3.8) is 0 Å². The van der Waals surface area contributed by atoms with E-state index in [-0.39, 0.29) is 5.91 Å². The fourth-order valence-corrected chi connectivity index (χ4v) is 2.46. The summed E-state index contributed by atoms with van der Waals surface area (Å²) in [4.78, 5) is 12.1. The summed E-state index contributed by atoms with van der Waals surface area (Å²) in [7, 11) is 0. The van der Waals surface area contributed by atoms with E-state index in [0.29, 0.717) is 17.3 Å². The summed E-state index contributed by atoms with van der Waals surface area (Å²) in [5.74, 6) is 0.504. The number of amides is 1. The Kier molecular flexibility index (Phi) is 8.42. The van der Waals surface area contributed by atoms with Gasteiger partial charge in [0.25, 0.3) is 5.91 Å². The van der Waals surface area contributed by atoms with Gasteiger partial charge in [0.05, 0.1) is 6.61 Å². The zero-order chi connectivity index (χ0) is 18.6. The summed E-state index contributed by atoms with van der Waals surface area (Å²) in [6.07, 6.45) is 4.67. The first kappa shape index (κ1) is 19.7. The molecular formula is C20H25N3O2S. The average Bonchev–Trinajstić information content (AvgIpc) is 2.67. The molecular weight excluding hydrogens is 346 g/mol. The van der Waals surface area contributed by atoms with Crippen LogP contribution in [-0.4, -0.2) is 17.6 Å². The number of hydrogen-bond acceptors (Lipinski definition) is 3. The second-order valence-corrected chi connectivity index (χ2v) is 6.24. The molecule has 1 amide bonds. The van der Waals surface area contributed by atoms with Crippen LogP contribution in [-0.2, 0) is 0 Å². The maximum absolute atomic E-state index is 12.1. The van der Waals surface area contributed by atoms with Crippen LogP contribution in [0.4, 0.5) is 5.69 Å². The zero-order valence-corrected chi connectivity index (χ0v) is 15.8. The van der Waals surface area contributed by atoms with Crippen molar-refractivity contribution in [1.82, 2.24) is 10.9 Å². The Morgan fingerprint density at radius 3 is 2.38 bits per heavy atom. The van der Waals surface area contributed by atoms with Gasteiger partial charge in [0, 0.05) is 11.3 Å². The molecule has 0 heterocycles. The van der Waals surface area contributed by atoms with Gasteiger partial charge in [-0.1, -0.05) is 44.4 Å². The summed E-state index contributed by atoms with van der Waals surface area (Å²) in [5.41, 5.74) is 6.63. The second-order valence-electron chi connectivity index (χ2n) is 5.83. The van der Waals surface area contributed by atoms with Gasteiger partial charge >= 0.3 is 0 Å². The van der Waals surface area contributed by atoms with E-state index in [1.165, 1.54) is 19.3 Å². The number of carbonyl (C=O) groups excluding carboxylic acids is 1. The Morgan fingerprint density at radius 2 is 1.69 bits per heavy atom. The van der Waals surface area contributed by atoms with E-state index in [4.69, 9.17) is 17.0 Å². The van der Waals surface area contributed by atoms with Gasteiger partial charge in [0.1, 0.15) is 5.75 Å². The number of rotatable bonds is 8. The van der Waals surface area contributed by atoms with Crippen LogP contribution in [0.1, 0.15) is 43.0 Å². The van der Waals surface area contributed by atoms with Gasteiger partial charge in [-0.15, -0.1) is 0 Å². The lowest BCUT2D eigenvalue weighted by Crippen LogP contribution is -2.43. The Balaban J connectivity index is 1.72. The highest BCUT2D eigenvalue weighted by molar-refractivity contribution is 7.80. The molecule has 0 aliphatic carbocycles.